The van der Waals surface area contributed by atoms with Gasteiger partial charge in [-0.05, 0) is 56.2 Å². The molecule has 19 heavy (non-hydrogen) atoms. The third-order valence-electron chi connectivity index (χ3n) is 2.97. The number of rotatable bonds is 3. The molecule has 0 aliphatic heterocycles. The summed E-state index contributed by atoms with van der Waals surface area (Å²) < 4.78 is 0.994. The molecule has 0 saturated carbocycles. The van der Waals surface area contributed by atoms with E-state index in [1.807, 2.05) is 12.1 Å². The Morgan fingerprint density at radius 1 is 1.05 bits per heavy atom. The van der Waals surface area contributed by atoms with Crippen molar-refractivity contribution in [2.75, 3.05) is 0 Å². The predicted molar refractivity (Wildman–Crippen MR) is 84.8 cm³/mol. The van der Waals surface area contributed by atoms with Crippen LogP contribution in [0.4, 0.5) is 0 Å². The molecule has 2 aromatic carbocycles. The SMILES string of the molecule is Cc1ccc(Sc2ccc(Br)cc2C(C)O)c(C)c1. The Kier molecular flexibility index (Phi) is 4.71. The van der Waals surface area contributed by atoms with E-state index in [4.69, 9.17) is 0 Å². The third kappa shape index (κ3) is 3.62. The summed E-state index contributed by atoms with van der Waals surface area (Å²) in [6.45, 7) is 6.02. The average molecular weight is 337 g/mol. The normalized spacial score (nSPS) is 12.5. The number of benzene rings is 2. The zero-order chi connectivity index (χ0) is 14.0. The van der Waals surface area contributed by atoms with E-state index in [2.05, 4.69) is 54.0 Å². The van der Waals surface area contributed by atoms with Gasteiger partial charge < -0.3 is 5.11 Å². The van der Waals surface area contributed by atoms with E-state index in [0.717, 1.165) is 14.9 Å². The van der Waals surface area contributed by atoms with Crippen LogP contribution in [-0.2, 0) is 0 Å². The quantitative estimate of drug-likeness (QED) is 0.823. The molecule has 2 aromatic rings. The first kappa shape index (κ1) is 14.6. The highest BCUT2D eigenvalue weighted by molar-refractivity contribution is 9.10. The highest BCUT2D eigenvalue weighted by atomic mass is 79.9. The first-order valence-electron chi connectivity index (χ1n) is 6.20. The smallest absolute Gasteiger partial charge is 0.0773 e. The lowest BCUT2D eigenvalue weighted by Crippen LogP contribution is -1.94. The maximum absolute atomic E-state index is 9.89. The molecule has 1 N–H and O–H groups in total. The fraction of sp³-hybridized carbons (Fsp3) is 0.250. The molecule has 0 aromatic heterocycles. The van der Waals surface area contributed by atoms with Gasteiger partial charge in [-0.15, -0.1) is 0 Å². The first-order chi connectivity index (χ1) is 8.97. The van der Waals surface area contributed by atoms with Crippen LogP contribution in [0.3, 0.4) is 0 Å². The van der Waals surface area contributed by atoms with Crippen molar-refractivity contribution in [2.45, 2.75) is 36.7 Å². The van der Waals surface area contributed by atoms with Crippen LogP contribution in [-0.4, -0.2) is 5.11 Å². The van der Waals surface area contributed by atoms with E-state index in [1.165, 1.54) is 16.0 Å². The Bertz CT molecular complexity index is 593. The maximum Gasteiger partial charge on any atom is 0.0773 e. The van der Waals surface area contributed by atoms with Gasteiger partial charge in [0.2, 0.25) is 0 Å². The van der Waals surface area contributed by atoms with Crippen LogP contribution in [0.2, 0.25) is 0 Å². The minimum Gasteiger partial charge on any atom is -0.389 e. The second-order valence-corrected chi connectivity index (χ2v) is 6.73. The summed E-state index contributed by atoms with van der Waals surface area (Å²) in [5.74, 6) is 0. The van der Waals surface area contributed by atoms with Gasteiger partial charge in [-0.3, -0.25) is 0 Å². The van der Waals surface area contributed by atoms with Crippen molar-refractivity contribution in [3.05, 3.63) is 57.6 Å². The van der Waals surface area contributed by atoms with Crippen LogP contribution >= 0.6 is 27.7 Å². The molecule has 0 aliphatic rings. The summed E-state index contributed by atoms with van der Waals surface area (Å²) in [6, 6.07) is 12.5. The van der Waals surface area contributed by atoms with Gasteiger partial charge in [0.25, 0.3) is 0 Å². The number of hydrogen-bond acceptors (Lipinski definition) is 2. The number of halogens is 1. The van der Waals surface area contributed by atoms with Crippen LogP contribution in [0.15, 0.2) is 50.7 Å². The fourth-order valence-electron chi connectivity index (χ4n) is 1.97. The van der Waals surface area contributed by atoms with Crippen molar-refractivity contribution < 1.29 is 5.11 Å². The highest BCUT2D eigenvalue weighted by Crippen LogP contribution is 2.36. The van der Waals surface area contributed by atoms with E-state index in [-0.39, 0.29) is 0 Å². The van der Waals surface area contributed by atoms with Crippen molar-refractivity contribution >= 4 is 27.7 Å². The van der Waals surface area contributed by atoms with E-state index >= 15 is 0 Å². The Balaban J connectivity index is 2.38. The molecule has 0 aliphatic carbocycles. The number of aliphatic hydroxyl groups excluding tert-OH is 1. The summed E-state index contributed by atoms with van der Waals surface area (Å²) in [6.07, 6.45) is -0.467. The Labute approximate surface area is 127 Å². The molecule has 3 heteroatoms. The topological polar surface area (TPSA) is 20.2 Å². The van der Waals surface area contributed by atoms with Gasteiger partial charge in [0.15, 0.2) is 0 Å². The van der Waals surface area contributed by atoms with Crippen LogP contribution in [0.25, 0.3) is 0 Å². The minimum absolute atomic E-state index is 0.467. The molecule has 0 amide bonds. The van der Waals surface area contributed by atoms with E-state index in [9.17, 15) is 5.11 Å². The van der Waals surface area contributed by atoms with Crippen molar-refractivity contribution in [3.8, 4) is 0 Å². The van der Waals surface area contributed by atoms with Gasteiger partial charge in [-0.1, -0.05) is 45.4 Å². The summed E-state index contributed by atoms with van der Waals surface area (Å²) >= 11 is 5.16. The summed E-state index contributed by atoms with van der Waals surface area (Å²) in [7, 11) is 0. The van der Waals surface area contributed by atoms with Gasteiger partial charge in [0.1, 0.15) is 0 Å². The minimum atomic E-state index is -0.467. The van der Waals surface area contributed by atoms with Gasteiger partial charge in [-0.2, -0.15) is 0 Å². The lowest BCUT2D eigenvalue weighted by Gasteiger charge is -2.13. The number of aryl methyl sites for hydroxylation is 2. The average Bonchev–Trinajstić information content (AvgIpc) is 2.34. The van der Waals surface area contributed by atoms with E-state index in [0.29, 0.717) is 0 Å². The Morgan fingerprint density at radius 3 is 2.37 bits per heavy atom. The summed E-state index contributed by atoms with van der Waals surface area (Å²) in [5.41, 5.74) is 3.50. The second-order valence-electron chi connectivity index (χ2n) is 4.73. The predicted octanol–water partition coefficient (Wildman–Crippen LogP) is 5.27. The third-order valence-corrected chi connectivity index (χ3v) is 4.74. The van der Waals surface area contributed by atoms with Gasteiger partial charge in [-0.25, -0.2) is 0 Å². The molecule has 100 valence electrons. The van der Waals surface area contributed by atoms with Crippen LogP contribution in [0, 0.1) is 13.8 Å². The lowest BCUT2D eigenvalue weighted by molar-refractivity contribution is 0.196. The molecule has 1 unspecified atom stereocenters. The standard InChI is InChI=1S/C16H17BrOS/c1-10-4-6-15(11(2)8-10)19-16-7-5-13(17)9-14(16)12(3)18/h4-9,12,18H,1-3H3. The van der Waals surface area contributed by atoms with Crippen molar-refractivity contribution in [3.63, 3.8) is 0 Å². The van der Waals surface area contributed by atoms with E-state index < -0.39 is 6.10 Å². The molecule has 1 nitrogen and oxygen atoms in total. The van der Waals surface area contributed by atoms with E-state index in [1.54, 1.807) is 18.7 Å². The molecule has 0 bridgehead atoms. The zero-order valence-electron chi connectivity index (χ0n) is 11.3. The van der Waals surface area contributed by atoms with Gasteiger partial charge >= 0.3 is 0 Å². The monoisotopic (exact) mass is 336 g/mol. The van der Waals surface area contributed by atoms with Crippen LogP contribution in [0.1, 0.15) is 29.7 Å². The molecule has 0 heterocycles. The molecule has 1 atom stereocenters. The number of hydrogen-bond donors (Lipinski definition) is 1. The molecule has 0 fully saturated rings. The first-order valence-corrected chi connectivity index (χ1v) is 7.81. The fourth-order valence-corrected chi connectivity index (χ4v) is 3.43. The summed E-state index contributed by atoms with van der Waals surface area (Å²) in [4.78, 5) is 2.33. The highest BCUT2D eigenvalue weighted by Gasteiger charge is 2.11. The molecule has 0 radical (unpaired) electrons. The molecule has 2 rings (SSSR count). The van der Waals surface area contributed by atoms with Crippen molar-refractivity contribution in [1.29, 1.82) is 0 Å². The van der Waals surface area contributed by atoms with Gasteiger partial charge in [0.05, 0.1) is 6.10 Å². The van der Waals surface area contributed by atoms with Crippen molar-refractivity contribution in [1.82, 2.24) is 0 Å². The maximum atomic E-state index is 9.89. The zero-order valence-corrected chi connectivity index (χ0v) is 13.7. The lowest BCUT2D eigenvalue weighted by atomic mass is 10.1. The summed E-state index contributed by atoms with van der Waals surface area (Å²) in [5, 5.41) is 9.89. The largest absolute Gasteiger partial charge is 0.389 e. The Hall–Kier alpha value is -0.770. The van der Waals surface area contributed by atoms with Crippen LogP contribution in [0.5, 0.6) is 0 Å². The molecular formula is C16H17BrOS. The second kappa shape index (κ2) is 6.12. The molecular weight excluding hydrogens is 320 g/mol. The van der Waals surface area contributed by atoms with Gasteiger partial charge in [0, 0.05) is 14.3 Å². The Morgan fingerprint density at radius 2 is 1.74 bits per heavy atom. The van der Waals surface area contributed by atoms with Crippen LogP contribution < -0.4 is 0 Å². The molecule has 0 saturated heterocycles. The molecule has 0 spiro atoms. The number of aliphatic hydroxyl groups is 1. The van der Waals surface area contributed by atoms with Crippen molar-refractivity contribution in [2.24, 2.45) is 0 Å².